The fraction of sp³-hybridized carbons (Fsp3) is 0.600. The minimum absolute atomic E-state index is 0.204. The maximum atomic E-state index is 12.3. The van der Waals surface area contributed by atoms with Gasteiger partial charge in [-0.2, -0.15) is 0 Å². The fourth-order valence-electron chi connectivity index (χ4n) is 2.74. The van der Waals surface area contributed by atoms with Gasteiger partial charge < -0.3 is 10.6 Å². The first-order valence-corrected chi connectivity index (χ1v) is 7.14. The second-order valence-electron chi connectivity index (χ2n) is 5.29. The Morgan fingerprint density at radius 2 is 2.32 bits per heavy atom. The van der Waals surface area contributed by atoms with E-state index in [1.807, 2.05) is 30.0 Å². The molecule has 0 saturated heterocycles. The molecule has 1 heterocycles. The second-order valence-corrected chi connectivity index (χ2v) is 5.29. The third-order valence-corrected chi connectivity index (χ3v) is 3.97. The summed E-state index contributed by atoms with van der Waals surface area (Å²) in [6.45, 7) is 3.32. The van der Waals surface area contributed by atoms with E-state index in [9.17, 15) is 4.79 Å². The number of carbonyl (C=O) groups excluding carboxylic acids is 1. The third kappa shape index (κ3) is 3.77. The summed E-state index contributed by atoms with van der Waals surface area (Å²) >= 11 is 0. The van der Waals surface area contributed by atoms with Crippen LogP contribution in [0.2, 0.25) is 0 Å². The summed E-state index contributed by atoms with van der Waals surface area (Å²) in [6.07, 6.45) is 5.66. The lowest BCUT2D eigenvalue weighted by molar-refractivity contribution is -0.132. The normalized spacial score (nSPS) is 22.4. The zero-order valence-corrected chi connectivity index (χ0v) is 11.6. The van der Waals surface area contributed by atoms with Gasteiger partial charge >= 0.3 is 0 Å². The van der Waals surface area contributed by atoms with Gasteiger partial charge in [-0.1, -0.05) is 12.5 Å². The first-order valence-electron chi connectivity index (χ1n) is 7.14. The lowest BCUT2D eigenvalue weighted by atomic mass is 9.99. The van der Waals surface area contributed by atoms with Crippen LogP contribution in [0.25, 0.3) is 0 Å². The molecule has 0 bridgehead atoms. The largest absolute Gasteiger partial charge is 0.337 e. The fourth-order valence-corrected chi connectivity index (χ4v) is 2.74. The molecule has 1 aromatic rings. The number of pyridine rings is 1. The molecular weight excluding hydrogens is 238 g/mol. The number of nitrogens with two attached hydrogens (primary N) is 1. The Morgan fingerprint density at radius 3 is 2.89 bits per heavy atom. The van der Waals surface area contributed by atoms with Gasteiger partial charge in [-0.25, -0.2) is 0 Å². The van der Waals surface area contributed by atoms with Crippen molar-refractivity contribution in [2.45, 2.75) is 45.2 Å². The highest BCUT2D eigenvalue weighted by Crippen LogP contribution is 2.27. The second kappa shape index (κ2) is 6.66. The van der Waals surface area contributed by atoms with Gasteiger partial charge in [0.15, 0.2) is 0 Å². The summed E-state index contributed by atoms with van der Waals surface area (Å²) in [5.41, 5.74) is 6.98. The van der Waals surface area contributed by atoms with E-state index in [0.717, 1.165) is 31.5 Å². The zero-order valence-electron chi connectivity index (χ0n) is 11.6. The summed E-state index contributed by atoms with van der Waals surface area (Å²) in [5.74, 6) is 0.570. The van der Waals surface area contributed by atoms with Gasteiger partial charge in [0.25, 0.3) is 0 Å². The molecule has 0 radical (unpaired) electrons. The highest BCUT2D eigenvalue weighted by atomic mass is 16.2. The van der Waals surface area contributed by atoms with Gasteiger partial charge in [-0.05, 0) is 37.8 Å². The highest BCUT2D eigenvalue weighted by Gasteiger charge is 2.27. The molecule has 104 valence electrons. The molecular formula is C15H23N3O. The van der Waals surface area contributed by atoms with E-state index in [1.165, 1.54) is 0 Å². The van der Waals surface area contributed by atoms with Crippen LogP contribution in [-0.4, -0.2) is 28.4 Å². The van der Waals surface area contributed by atoms with Crippen LogP contribution in [0.5, 0.6) is 0 Å². The third-order valence-electron chi connectivity index (χ3n) is 3.97. The van der Waals surface area contributed by atoms with Crippen molar-refractivity contribution in [1.82, 2.24) is 9.88 Å². The van der Waals surface area contributed by atoms with E-state index < -0.39 is 0 Å². The summed E-state index contributed by atoms with van der Waals surface area (Å²) in [6, 6.07) is 6.00. The quantitative estimate of drug-likeness (QED) is 0.881. The summed E-state index contributed by atoms with van der Waals surface area (Å²) in [4.78, 5) is 18.5. The maximum absolute atomic E-state index is 12.3. The van der Waals surface area contributed by atoms with Crippen molar-refractivity contribution in [3.05, 3.63) is 30.1 Å². The van der Waals surface area contributed by atoms with Gasteiger partial charge in [0, 0.05) is 25.2 Å². The lowest BCUT2D eigenvalue weighted by Gasteiger charge is -2.23. The molecule has 1 saturated carbocycles. The molecule has 4 nitrogen and oxygen atoms in total. The Morgan fingerprint density at radius 1 is 1.47 bits per heavy atom. The Hall–Kier alpha value is -1.42. The van der Waals surface area contributed by atoms with E-state index in [1.54, 1.807) is 6.20 Å². The lowest BCUT2D eigenvalue weighted by Crippen LogP contribution is -2.35. The first kappa shape index (κ1) is 14.0. The molecule has 0 unspecified atom stereocenters. The molecule has 1 aliphatic carbocycles. The molecule has 1 amide bonds. The number of rotatable bonds is 5. The van der Waals surface area contributed by atoms with Crippen LogP contribution >= 0.6 is 0 Å². The number of nitrogens with zero attached hydrogens (tertiary/aromatic N) is 2. The van der Waals surface area contributed by atoms with Crippen LogP contribution in [0.4, 0.5) is 0 Å². The van der Waals surface area contributed by atoms with Crippen molar-refractivity contribution < 1.29 is 4.79 Å². The van der Waals surface area contributed by atoms with E-state index in [4.69, 9.17) is 5.73 Å². The predicted octanol–water partition coefficient (Wildman–Crippen LogP) is 1.95. The first-order chi connectivity index (χ1) is 9.20. The van der Waals surface area contributed by atoms with E-state index in [2.05, 4.69) is 4.98 Å². The number of hydrogen-bond acceptors (Lipinski definition) is 3. The van der Waals surface area contributed by atoms with Gasteiger partial charge in [-0.15, -0.1) is 0 Å². The molecule has 1 fully saturated rings. The molecule has 0 aromatic carbocycles. The summed E-state index contributed by atoms with van der Waals surface area (Å²) < 4.78 is 0. The zero-order chi connectivity index (χ0) is 13.7. The van der Waals surface area contributed by atoms with Crippen molar-refractivity contribution in [2.75, 3.05) is 6.54 Å². The van der Waals surface area contributed by atoms with Crippen LogP contribution < -0.4 is 5.73 Å². The Bertz CT molecular complexity index is 407. The van der Waals surface area contributed by atoms with Crippen molar-refractivity contribution in [1.29, 1.82) is 0 Å². The Labute approximate surface area is 115 Å². The highest BCUT2D eigenvalue weighted by molar-refractivity contribution is 5.76. The standard InChI is InChI=1S/C15H23N3O/c1-2-18(11-13-7-3-4-9-17-13)15(19)10-12-6-5-8-14(12)16/h3-4,7,9,12,14H,2,5-6,8,10-11,16H2,1H3/t12-,14+/m0/s1. The minimum Gasteiger partial charge on any atom is -0.337 e. The van der Waals surface area contributed by atoms with Gasteiger partial charge in [0.05, 0.1) is 12.2 Å². The molecule has 0 spiro atoms. The monoisotopic (exact) mass is 261 g/mol. The number of hydrogen-bond donors (Lipinski definition) is 1. The van der Waals surface area contributed by atoms with E-state index in [-0.39, 0.29) is 11.9 Å². The summed E-state index contributed by atoms with van der Waals surface area (Å²) in [7, 11) is 0. The topological polar surface area (TPSA) is 59.2 Å². The molecule has 19 heavy (non-hydrogen) atoms. The minimum atomic E-state index is 0.204. The van der Waals surface area contributed by atoms with E-state index >= 15 is 0 Å². The SMILES string of the molecule is CCN(Cc1ccccn1)C(=O)C[C@@H]1CCC[C@H]1N. The van der Waals surface area contributed by atoms with Crippen LogP contribution in [0, 0.1) is 5.92 Å². The molecule has 1 aliphatic rings. The predicted molar refractivity (Wildman–Crippen MR) is 75.3 cm³/mol. The van der Waals surface area contributed by atoms with Crippen LogP contribution in [0.15, 0.2) is 24.4 Å². The Kier molecular flexibility index (Phi) is 4.91. The van der Waals surface area contributed by atoms with Crippen LogP contribution in [-0.2, 0) is 11.3 Å². The van der Waals surface area contributed by atoms with Gasteiger partial charge in [0.2, 0.25) is 5.91 Å². The average Bonchev–Trinajstić information content (AvgIpc) is 2.82. The van der Waals surface area contributed by atoms with Gasteiger partial charge in [-0.3, -0.25) is 9.78 Å². The average molecular weight is 261 g/mol. The molecule has 1 aromatic heterocycles. The molecule has 0 aliphatic heterocycles. The maximum Gasteiger partial charge on any atom is 0.223 e. The van der Waals surface area contributed by atoms with Crippen LogP contribution in [0.1, 0.15) is 38.3 Å². The van der Waals surface area contributed by atoms with Crippen molar-refractivity contribution in [3.8, 4) is 0 Å². The van der Waals surface area contributed by atoms with Gasteiger partial charge in [0.1, 0.15) is 0 Å². The van der Waals surface area contributed by atoms with Crippen molar-refractivity contribution in [2.24, 2.45) is 11.7 Å². The molecule has 2 N–H and O–H groups in total. The molecule has 2 atom stereocenters. The number of amides is 1. The van der Waals surface area contributed by atoms with Crippen molar-refractivity contribution in [3.63, 3.8) is 0 Å². The Balaban J connectivity index is 1.91. The van der Waals surface area contributed by atoms with Crippen LogP contribution in [0.3, 0.4) is 0 Å². The van der Waals surface area contributed by atoms with Crippen molar-refractivity contribution >= 4 is 5.91 Å². The summed E-state index contributed by atoms with van der Waals surface area (Å²) in [5, 5.41) is 0. The van der Waals surface area contributed by atoms with E-state index in [0.29, 0.717) is 18.9 Å². The molecule has 2 rings (SSSR count). The number of carbonyl (C=O) groups is 1. The molecule has 4 heteroatoms. The smallest absolute Gasteiger partial charge is 0.223 e. The number of aromatic nitrogens is 1.